The molecule has 0 saturated carbocycles. The van der Waals surface area contributed by atoms with Crippen LogP contribution >= 0.6 is 0 Å². The molecule has 3 aromatic rings. The van der Waals surface area contributed by atoms with Crippen molar-refractivity contribution in [2.75, 3.05) is 12.8 Å². The summed E-state index contributed by atoms with van der Waals surface area (Å²) in [4.78, 5) is 23.3. The molecule has 1 amide bonds. The SMILES string of the molecule is CC1(C)[C@H]2Cc3ccc(S(C)(=O)=O)cc3[C@]1(C)CCN2C(=O)c1ccc2nc[nH]c2c1. The molecule has 2 atom stereocenters. The number of sulfone groups is 1. The molecule has 1 saturated heterocycles. The van der Waals surface area contributed by atoms with Gasteiger partial charge in [0.1, 0.15) is 0 Å². The van der Waals surface area contributed by atoms with E-state index in [1.807, 2.05) is 35.2 Å². The maximum absolute atomic E-state index is 13.6. The summed E-state index contributed by atoms with van der Waals surface area (Å²) in [5, 5.41) is 0. The van der Waals surface area contributed by atoms with Crippen LogP contribution in [0.3, 0.4) is 0 Å². The third-order valence-electron chi connectivity index (χ3n) is 7.93. The highest BCUT2D eigenvalue weighted by atomic mass is 32.2. The smallest absolute Gasteiger partial charge is 0.254 e. The van der Waals surface area contributed by atoms with Crippen LogP contribution in [0, 0.1) is 5.41 Å². The van der Waals surface area contributed by atoms with Crippen molar-refractivity contribution in [1.29, 1.82) is 0 Å². The van der Waals surface area contributed by atoms with E-state index in [1.165, 1.54) is 6.26 Å². The van der Waals surface area contributed by atoms with Gasteiger partial charge in [0, 0.05) is 29.8 Å². The molecule has 31 heavy (non-hydrogen) atoms. The third-order valence-corrected chi connectivity index (χ3v) is 9.04. The van der Waals surface area contributed by atoms with E-state index in [-0.39, 0.29) is 22.8 Å². The molecule has 2 aromatic carbocycles. The van der Waals surface area contributed by atoms with Crippen molar-refractivity contribution in [3.8, 4) is 0 Å². The first-order valence-electron chi connectivity index (χ1n) is 10.6. The Morgan fingerprint density at radius 3 is 2.68 bits per heavy atom. The topological polar surface area (TPSA) is 83.1 Å². The molecule has 1 N–H and O–H groups in total. The fraction of sp³-hybridized carbons (Fsp3) is 0.417. The van der Waals surface area contributed by atoms with Gasteiger partial charge in [0.15, 0.2) is 9.84 Å². The van der Waals surface area contributed by atoms with Crippen LogP contribution in [-0.4, -0.2) is 48.0 Å². The Kier molecular flexibility index (Phi) is 4.19. The predicted octanol–water partition coefficient (Wildman–Crippen LogP) is 3.72. The molecule has 6 nitrogen and oxygen atoms in total. The van der Waals surface area contributed by atoms with Crippen LogP contribution in [0.5, 0.6) is 0 Å². The lowest BCUT2D eigenvalue weighted by Crippen LogP contribution is -2.64. The van der Waals surface area contributed by atoms with E-state index in [9.17, 15) is 13.2 Å². The van der Waals surface area contributed by atoms with Gasteiger partial charge in [-0.3, -0.25) is 4.79 Å². The second kappa shape index (κ2) is 6.42. The fourth-order valence-electron chi connectivity index (χ4n) is 5.59. The van der Waals surface area contributed by atoms with Gasteiger partial charge in [-0.05, 0) is 59.7 Å². The Bertz CT molecular complexity index is 1320. The van der Waals surface area contributed by atoms with E-state index in [0.717, 1.165) is 35.0 Å². The fourth-order valence-corrected chi connectivity index (χ4v) is 6.24. The van der Waals surface area contributed by atoms with Gasteiger partial charge in [-0.2, -0.15) is 0 Å². The average Bonchev–Trinajstić information content (AvgIpc) is 3.17. The number of likely N-dealkylation sites (tertiary alicyclic amines) is 1. The Labute approximate surface area is 182 Å². The minimum absolute atomic E-state index is 0.0350. The number of nitrogens with one attached hydrogen (secondary N) is 1. The monoisotopic (exact) mass is 437 g/mol. The number of benzene rings is 2. The number of H-pyrrole nitrogens is 1. The van der Waals surface area contributed by atoms with Crippen LogP contribution in [0.15, 0.2) is 47.6 Å². The van der Waals surface area contributed by atoms with Gasteiger partial charge < -0.3 is 9.88 Å². The molecule has 162 valence electrons. The van der Waals surface area contributed by atoms with Gasteiger partial charge in [-0.1, -0.05) is 26.8 Å². The Hall–Kier alpha value is -2.67. The van der Waals surface area contributed by atoms with Crippen LogP contribution in [-0.2, 0) is 21.7 Å². The van der Waals surface area contributed by atoms with Crippen molar-refractivity contribution in [1.82, 2.24) is 14.9 Å². The lowest BCUT2D eigenvalue weighted by atomic mass is 9.51. The van der Waals surface area contributed by atoms with Crippen molar-refractivity contribution in [3.63, 3.8) is 0 Å². The Morgan fingerprint density at radius 1 is 1.16 bits per heavy atom. The molecule has 0 unspecified atom stereocenters. The van der Waals surface area contributed by atoms with Crippen molar-refractivity contribution in [3.05, 3.63) is 59.4 Å². The third kappa shape index (κ3) is 2.86. The van der Waals surface area contributed by atoms with Gasteiger partial charge in [0.2, 0.25) is 0 Å². The molecule has 0 radical (unpaired) electrons. The number of amides is 1. The number of piperidine rings is 1. The highest BCUT2D eigenvalue weighted by Crippen LogP contribution is 2.56. The highest BCUT2D eigenvalue weighted by molar-refractivity contribution is 7.90. The van der Waals surface area contributed by atoms with E-state index < -0.39 is 9.84 Å². The molecule has 1 aliphatic heterocycles. The summed E-state index contributed by atoms with van der Waals surface area (Å²) < 4.78 is 24.3. The van der Waals surface area contributed by atoms with E-state index in [4.69, 9.17) is 0 Å². The molecule has 1 fully saturated rings. The second-order valence-electron chi connectivity index (χ2n) is 9.75. The highest BCUT2D eigenvalue weighted by Gasteiger charge is 2.57. The summed E-state index contributed by atoms with van der Waals surface area (Å²) in [6.07, 6.45) is 4.40. The summed E-state index contributed by atoms with van der Waals surface area (Å²) in [5.74, 6) is 0.0350. The first-order chi connectivity index (χ1) is 14.5. The first-order valence-corrected chi connectivity index (χ1v) is 12.5. The van der Waals surface area contributed by atoms with Crippen molar-refractivity contribution in [2.24, 2.45) is 5.41 Å². The van der Waals surface area contributed by atoms with Crippen molar-refractivity contribution in [2.45, 2.75) is 50.0 Å². The predicted molar refractivity (Wildman–Crippen MR) is 120 cm³/mol. The van der Waals surface area contributed by atoms with E-state index in [1.54, 1.807) is 12.4 Å². The number of fused-ring (bicyclic) bond motifs is 5. The lowest BCUT2D eigenvalue weighted by molar-refractivity contribution is -0.0263. The molecule has 2 aliphatic rings. The number of hydrogen-bond donors (Lipinski definition) is 1. The number of rotatable bonds is 2. The van der Waals surface area contributed by atoms with Gasteiger partial charge in [0.05, 0.1) is 22.3 Å². The zero-order valence-corrected chi connectivity index (χ0v) is 19.1. The normalized spacial score (nSPS) is 24.8. The largest absolute Gasteiger partial charge is 0.345 e. The standard InChI is InChI=1S/C24H27N3O3S/c1-23(2)21-12-15-5-7-17(31(4,29)30)13-18(15)24(23,3)9-10-27(21)22(28)16-6-8-19-20(11-16)26-14-25-19/h5-8,11,13-14,21H,9-10,12H2,1-4H3,(H,25,26)/t21-,24+/m1/s1. The number of carbonyl (C=O) groups excluding carboxylic acids is 1. The van der Waals surface area contributed by atoms with Crippen LogP contribution < -0.4 is 0 Å². The van der Waals surface area contributed by atoms with Gasteiger partial charge >= 0.3 is 0 Å². The van der Waals surface area contributed by atoms with Crippen molar-refractivity contribution >= 4 is 26.8 Å². The van der Waals surface area contributed by atoms with Gasteiger partial charge in [-0.25, -0.2) is 13.4 Å². The van der Waals surface area contributed by atoms with Crippen LogP contribution in [0.25, 0.3) is 11.0 Å². The van der Waals surface area contributed by atoms with Crippen LogP contribution in [0.1, 0.15) is 48.7 Å². The molecule has 2 heterocycles. The van der Waals surface area contributed by atoms with Crippen molar-refractivity contribution < 1.29 is 13.2 Å². The summed E-state index contributed by atoms with van der Waals surface area (Å²) in [6.45, 7) is 7.30. The number of hydrogen-bond acceptors (Lipinski definition) is 4. The first kappa shape index (κ1) is 20.2. The van der Waals surface area contributed by atoms with E-state index in [0.29, 0.717) is 17.0 Å². The summed E-state index contributed by atoms with van der Waals surface area (Å²) in [7, 11) is -3.27. The zero-order chi connectivity index (χ0) is 22.2. The molecule has 1 aliphatic carbocycles. The molecule has 2 bridgehead atoms. The Balaban J connectivity index is 1.57. The second-order valence-corrected chi connectivity index (χ2v) is 11.8. The van der Waals surface area contributed by atoms with Gasteiger partial charge in [0.25, 0.3) is 5.91 Å². The molecular weight excluding hydrogens is 410 g/mol. The maximum Gasteiger partial charge on any atom is 0.254 e. The summed E-state index contributed by atoms with van der Waals surface area (Å²) >= 11 is 0. The molecule has 7 heteroatoms. The quantitative estimate of drug-likeness (QED) is 0.662. The van der Waals surface area contributed by atoms with Crippen LogP contribution in [0.2, 0.25) is 0 Å². The minimum atomic E-state index is -3.27. The number of carbonyl (C=O) groups is 1. The molecule has 5 rings (SSSR count). The number of nitrogens with zero attached hydrogens (tertiary/aromatic N) is 2. The summed E-state index contributed by atoms with van der Waals surface area (Å²) in [5.41, 5.74) is 4.20. The number of aromatic amines is 1. The molecular formula is C24H27N3O3S. The van der Waals surface area contributed by atoms with Gasteiger partial charge in [-0.15, -0.1) is 0 Å². The number of imidazole rings is 1. The van der Waals surface area contributed by atoms with E-state index >= 15 is 0 Å². The van der Waals surface area contributed by atoms with E-state index in [2.05, 4.69) is 30.7 Å². The molecule has 0 spiro atoms. The zero-order valence-electron chi connectivity index (χ0n) is 18.3. The Morgan fingerprint density at radius 2 is 1.94 bits per heavy atom. The average molecular weight is 438 g/mol. The minimum Gasteiger partial charge on any atom is -0.345 e. The summed E-state index contributed by atoms with van der Waals surface area (Å²) in [6, 6.07) is 11.1. The molecule has 1 aromatic heterocycles. The number of aromatic nitrogens is 2. The maximum atomic E-state index is 13.6. The van der Waals surface area contributed by atoms with Crippen LogP contribution in [0.4, 0.5) is 0 Å². The lowest BCUT2D eigenvalue weighted by Gasteiger charge is -2.60.